The van der Waals surface area contributed by atoms with Crippen molar-refractivity contribution < 1.29 is 0 Å². The van der Waals surface area contributed by atoms with Crippen LogP contribution >= 0.6 is 34.8 Å². The monoisotopic (exact) mass is 324 g/mol. The SMILES string of the molecule is Clc1ncc(Cl)c(Nc2ccc(Cl)c3cccnc23)n1. The fourth-order valence-electron chi connectivity index (χ4n) is 1.80. The van der Waals surface area contributed by atoms with Crippen molar-refractivity contribution in [2.45, 2.75) is 0 Å². The average Bonchev–Trinajstić information content (AvgIpc) is 2.46. The summed E-state index contributed by atoms with van der Waals surface area (Å²) in [4.78, 5) is 12.2. The average molecular weight is 326 g/mol. The maximum atomic E-state index is 6.15. The number of pyridine rings is 1. The van der Waals surface area contributed by atoms with E-state index in [0.29, 0.717) is 15.9 Å². The summed E-state index contributed by atoms with van der Waals surface area (Å²) in [5, 5.41) is 5.05. The number of aromatic nitrogens is 3. The highest BCUT2D eigenvalue weighted by atomic mass is 35.5. The summed E-state index contributed by atoms with van der Waals surface area (Å²) in [5.74, 6) is 0.418. The van der Waals surface area contributed by atoms with Gasteiger partial charge in [-0.25, -0.2) is 4.98 Å². The van der Waals surface area contributed by atoms with Gasteiger partial charge in [0, 0.05) is 11.6 Å². The smallest absolute Gasteiger partial charge is 0.224 e. The van der Waals surface area contributed by atoms with E-state index in [1.165, 1.54) is 6.20 Å². The first-order valence-electron chi connectivity index (χ1n) is 5.63. The standard InChI is InChI=1S/C13H7Cl3N4/c14-8-3-4-10(11-7(8)2-1-5-17-11)19-12-9(15)6-18-13(16)20-12/h1-6H,(H,18,19,20). The van der Waals surface area contributed by atoms with Gasteiger partial charge in [-0.1, -0.05) is 23.2 Å². The molecule has 2 heterocycles. The molecule has 0 spiro atoms. The molecule has 0 amide bonds. The van der Waals surface area contributed by atoms with Crippen LogP contribution in [0, 0.1) is 0 Å². The van der Waals surface area contributed by atoms with E-state index in [2.05, 4.69) is 20.3 Å². The van der Waals surface area contributed by atoms with Crippen LogP contribution in [0.5, 0.6) is 0 Å². The minimum atomic E-state index is 0.114. The van der Waals surface area contributed by atoms with Crippen LogP contribution in [-0.2, 0) is 0 Å². The van der Waals surface area contributed by atoms with Gasteiger partial charge in [0.25, 0.3) is 0 Å². The number of fused-ring (bicyclic) bond motifs is 1. The Morgan fingerprint density at radius 2 is 1.80 bits per heavy atom. The van der Waals surface area contributed by atoms with Crippen LogP contribution in [0.4, 0.5) is 11.5 Å². The van der Waals surface area contributed by atoms with E-state index in [9.17, 15) is 0 Å². The first-order chi connectivity index (χ1) is 9.65. The minimum absolute atomic E-state index is 0.114. The lowest BCUT2D eigenvalue weighted by molar-refractivity contribution is 1.17. The van der Waals surface area contributed by atoms with Gasteiger partial charge in [-0.15, -0.1) is 0 Å². The van der Waals surface area contributed by atoms with E-state index < -0.39 is 0 Å². The van der Waals surface area contributed by atoms with Gasteiger partial charge in [0.1, 0.15) is 5.02 Å². The minimum Gasteiger partial charge on any atom is -0.337 e. The van der Waals surface area contributed by atoms with Crippen LogP contribution < -0.4 is 5.32 Å². The van der Waals surface area contributed by atoms with Crippen molar-refractivity contribution >= 4 is 57.2 Å². The van der Waals surface area contributed by atoms with Crippen molar-refractivity contribution in [1.29, 1.82) is 0 Å². The molecule has 0 aliphatic carbocycles. The molecule has 100 valence electrons. The normalized spacial score (nSPS) is 10.8. The molecule has 0 saturated heterocycles. The Labute approximate surface area is 129 Å². The predicted octanol–water partition coefficient (Wildman–Crippen LogP) is 4.73. The highest BCUT2D eigenvalue weighted by Crippen LogP contribution is 2.31. The molecular weight excluding hydrogens is 319 g/mol. The quantitative estimate of drug-likeness (QED) is 0.692. The maximum absolute atomic E-state index is 6.15. The number of anilines is 2. The van der Waals surface area contributed by atoms with Gasteiger partial charge in [-0.3, -0.25) is 4.98 Å². The van der Waals surface area contributed by atoms with Crippen molar-refractivity contribution in [3.63, 3.8) is 0 Å². The van der Waals surface area contributed by atoms with Gasteiger partial charge in [0.05, 0.1) is 22.4 Å². The number of halogens is 3. The van der Waals surface area contributed by atoms with Crippen molar-refractivity contribution in [1.82, 2.24) is 15.0 Å². The van der Waals surface area contributed by atoms with Gasteiger partial charge in [-0.05, 0) is 35.9 Å². The van der Waals surface area contributed by atoms with E-state index in [0.717, 1.165) is 16.6 Å². The Balaban J connectivity index is 2.11. The fourth-order valence-corrected chi connectivity index (χ4v) is 2.29. The molecule has 0 aliphatic heterocycles. The lowest BCUT2D eigenvalue weighted by atomic mass is 10.2. The number of hydrogen-bond acceptors (Lipinski definition) is 4. The fraction of sp³-hybridized carbons (Fsp3) is 0. The molecule has 1 N–H and O–H groups in total. The Hall–Kier alpha value is -1.62. The summed E-state index contributed by atoms with van der Waals surface area (Å²) in [5.41, 5.74) is 1.47. The van der Waals surface area contributed by atoms with Crippen LogP contribution in [0.1, 0.15) is 0 Å². The van der Waals surface area contributed by atoms with Crippen LogP contribution in [-0.4, -0.2) is 15.0 Å². The Morgan fingerprint density at radius 3 is 2.65 bits per heavy atom. The van der Waals surface area contributed by atoms with E-state index in [4.69, 9.17) is 34.8 Å². The second-order valence-corrected chi connectivity index (χ2v) is 5.11. The third-order valence-corrected chi connectivity index (χ3v) is 3.47. The van der Waals surface area contributed by atoms with E-state index in [1.54, 1.807) is 12.3 Å². The number of benzene rings is 1. The lowest BCUT2D eigenvalue weighted by Gasteiger charge is -2.10. The summed E-state index contributed by atoms with van der Waals surface area (Å²) in [6, 6.07) is 7.31. The number of rotatable bonds is 2. The summed E-state index contributed by atoms with van der Waals surface area (Å²) in [7, 11) is 0. The molecule has 4 nitrogen and oxygen atoms in total. The number of hydrogen-bond donors (Lipinski definition) is 1. The molecule has 0 atom stereocenters. The Morgan fingerprint density at radius 1 is 0.950 bits per heavy atom. The molecule has 0 fully saturated rings. The van der Waals surface area contributed by atoms with E-state index in [1.807, 2.05) is 18.2 Å². The second-order valence-electron chi connectivity index (χ2n) is 3.96. The van der Waals surface area contributed by atoms with E-state index >= 15 is 0 Å². The second kappa shape index (κ2) is 5.40. The molecule has 3 aromatic rings. The number of nitrogens with zero attached hydrogens (tertiary/aromatic N) is 3. The third-order valence-electron chi connectivity index (χ3n) is 2.68. The topological polar surface area (TPSA) is 50.7 Å². The molecule has 2 aromatic heterocycles. The highest BCUT2D eigenvalue weighted by Gasteiger charge is 2.09. The molecule has 0 radical (unpaired) electrons. The zero-order valence-electron chi connectivity index (χ0n) is 9.94. The Kier molecular flexibility index (Phi) is 3.61. The first-order valence-corrected chi connectivity index (χ1v) is 6.77. The zero-order chi connectivity index (χ0) is 14.1. The molecule has 0 aliphatic rings. The van der Waals surface area contributed by atoms with Gasteiger partial charge >= 0.3 is 0 Å². The molecule has 0 bridgehead atoms. The van der Waals surface area contributed by atoms with Crippen molar-refractivity contribution in [2.24, 2.45) is 0 Å². The van der Waals surface area contributed by atoms with Crippen LogP contribution in [0.3, 0.4) is 0 Å². The highest BCUT2D eigenvalue weighted by molar-refractivity contribution is 6.36. The van der Waals surface area contributed by atoms with Crippen molar-refractivity contribution in [3.05, 3.63) is 52.0 Å². The zero-order valence-corrected chi connectivity index (χ0v) is 12.2. The molecule has 0 saturated carbocycles. The summed E-state index contributed by atoms with van der Waals surface area (Å²) >= 11 is 18.0. The largest absolute Gasteiger partial charge is 0.337 e. The molecule has 3 rings (SSSR count). The molecule has 0 unspecified atom stereocenters. The van der Waals surface area contributed by atoms with Gasteiger partial charge in [0.2, 0.25) is 5.28 Å². The van der Waals surface area contributed by atoms with Crippen LogP contribution in [0.15, 0.2) is 36.7 Å². The third kappa shape index (κ3) is 2.50. The Bertz CT molecular complexity index is 792. The van der Waals surface area contributed by atoms with Crippen LogP contribution in [0.2, 0.25) is 15.3 Å². The molecule has 7 heteroatoms. The van der Waals surface area contributed by atoms with E-state index in [-0.39, 0.29) is 5.28 Å². The molecular formula is C13H7Cl3N4. The van der Waals surface area contributed by atoms with Crippen molar-refractivity contribution in [2.75, 3.05) is 5.32 Å². The summed E-state index contributed by atoms with van der Waals surface area (Å²) in [6.07, 6.45) is 3.13. The molecule has 1 aromatic carbocycles. The number of nitrogens with one attached hydrogen (secondary N) is 1. The lowest BCUT2D eigenvalue weighted by Crippen LogP contribution is -1.98. The maximum Gasteiger partial charge on any atom is 0.224 e. The summed E-state index contributed by atoms with van der Waals surface area (Å²) < 4.78 is 0. The predicted molar refractivity (Wildman–Crippen MR) is 82.1 cm³/mol. The van der Waals surface area contributed by atoms with Crippen molar-refractivity contribution in [3.8, 4) is 0 Å². The van der Waals surface area contributed by atoms with Crippen LogP contribution in [0.25, 0.3) is 10.9 Å². The van der Waals surface area contributed by atoms with Gasteiger partial charge < -0.3 is 5.32 Å². The van der Waals surface area contributed by atoms with Gasteiger partial charge in [-0.2, -0.15) is 4.98 Å². The molecule has 20 heavy (non-hydrogen) atoms. The summed E-state index contributed by atoms with van der Waals surface area (Å²) in [6.45, 7) is 0. The first kappa shape index (κ1) is 13.4. The van der Waals surface area contributed by atoms with Gasteiger partial charge in [0.15, 0.2) is 5.82 Å².